The van der Waals surface area contributed by atoms with Crippen LogP contribution in [-0.4, -0.2) is 17.6 Å². The number of hydrogen-bond acceptors (Lipinski definition) is 3. The third-order valence-corrected chi connectivity index (χ3v) is 3.89. The van der Waals surface area contributed by atoms with Crippen molar-refractivity contribution in [3.8, 4) is 0 Å². The second kappa shape index (κ2) is 8.62. The second-order valence-corrected chi connectivity index (χ2v) is 6.05. The van der Waals surface area contributed by atoms with Crippen LogP contribution in [-0.2, 0) is 28.3 Å². The molecule has 4 nitrogen and oxygen atoms in total. The smallest absolute Gasteiger partial charge is 0.223 e. The van der Waals surface area contributed by atoms with Crippen LogP contribution in [0, 0.1) is 0 Å². The summed E-state index contributed by atoms with van der Waals surface area (Å²) in [7, 11) is 0. The number of nitrogens with one attached hydrogen (secondary N) is 1. The first-order valence-electron chi connectivity index (χ1n) is 8.21. The summed E-state index contributed by atoms with van der Waals surface area (Å²) in [5.74, 6) is -0.178. The molecule has 2 aromatic rings. The zero-order valence-electron chi connectivity index (χ0n) is 14.3. The van der Waals surface area contributed by atoms with Gasteiger partial charge >= 0.3 is 0 Å². The predicted molar refractivity (Wildman–Crippen MR) is 94.2 cm³/mol. The fourth-order valence-corrected chi connectivity index (χ4v) is 2.45. The molecule has 0 saturated heterocycles. The second-order valence-electron chi connectivity index (χ2n) is 6.05. The van der Waals surface area contributed by atoms with E-state index in [0.717, 1.165) is 16.7 Å². The van der Waals surface area contributed by atoms with Crippen molar-refractivity contribution in [1.82, 2.24) is 5.32 Å². The van der Waals surface area contributed by atoms with E-state index in [1.54, 1.807) is 6.92 Å². The first-order valence-corrected chi connectivity index (χ1v) is 8.21. The van der Waals surface area contributed by atoms with Gasteiger partial charge in [0.15, 0.2) is 0 Å². The van der Waals surface area contributed by atoms with Crippen molar-refractivity contribution in [2.24, 2.45) is 0 Å². The number of hydrogen-bond donors (Lipinski definition) is 2. The fraction of sp³-hybridized carbons (Fsp3) is 0.350. The molecule has 24 heavy (non-hydrogen) atoms. The first kappa shape index (κ1) is 18.2. The molecule has 0 aliphatic heterocycles. The molecule has 0 fully saturated rings. The molecule has 4 heteroatoms. The van der Waals surface area contributed by atoms with E-state index in [1.165, 1.54) is 0 Å². The number of ether oxygens (including phenoxy) is 1. The Morgan fingerprint density at radius 1 is 1.08 bits per heavy atom. The van der Waals surface area contributed by atoms with Crippen LogP contribution in [0.3, 0.4) is 0 Å². The third-order valence-electron chi connectivity index (χ3n) is 3.89. The number of benzene rings is 2. The van der Waals surface area contributed by atoms with Crippen molar-refractivity contribution >= 4 is 5.91 Å². The maximum Gasteiger partial charge on any atom is 0.223 e. The Hall–Kier alpha value is -2.17. The maximum absolute atomic E-state index is 12.1. The van der Waals surface area contributed by atoms with E-state index >= 15 is 0 Å². The molecule has 1 amide bonds. The molecule has 0 aliphatic carbocycles. The van der Waals surface area contributed by atoms with Crippen LogP contribution in [0.1, 0.15) is 37.0 Å². The van der Waals surface area contributed by atoms with E-state index in [-0.39, 0.29) is 12.3 Å². The molecule has 1 unspecified atom stereocenters. The quantitative estimate of drug-likeness (QED) is 0.783. The van der Waals surface area contributed by atoms with Gasteiger partial charge in [-0.3, -0.25) is 4.79 Å². The van der Waals surface area contributed by atoms with Gasteiger partial charge in [0.25, 0.3) is 0 Å². The maximum atomic E-state index is 12.1. The number of carbonyl (C=O) groups excluding carboxylic acids is 1. The van der Waals surface area contributed by atoms with Gasteiger partial charge in [-0.15, -0.1) is 0 Å². The van der Waals surface area contributed by atoms with Crippen molar-refractivity contribution in [3.63, 3.8) is 0 Å². The van der Waals surface area contributed by atoms with Gasteiger partial charge in [-0.2, -0.15) is 0 Å². The normalized spacial score (nSPS) is 13.3. The van der Waals surface area contributed by atoms with Crippen LogP contribution in [0.2, 0.25) is 0 Å². The zero-order chi connectivity index (χ0) is 17.4. The highest BCUT2D eigenvalue weighted by molar-refractivity contribution is 5.77. The lowest BCUT2D eigenvalue weighted by Crippen LogP contribution is -2.32. The van der Waals surface area contributed by atoms with Crippen molar-refractivity contribution < 1.29 is 14.6 Å². The lowest BCUT2D eigenvalue weighted by molar-refractivity contribution is -0.126. The summed E-state index contributed by atoms with van der Waals surface area (Å²) in [5, 5.41) is 13.4. The van der Waals surface area contributed by atoms with E-state index < -0.39 is 5.60 Å². The van der Waals surface area contributed by atoms with Gasteiger partial charge in [-0.25, -0.2) is 0 Å². The standard InChI is InChI=1S/C20H25NO3/c1-3-24-15-17-11-9-16(10-12-17)14-21-19(22)13-20(2,23)18-7-5-4-6-8-18/h4-12,23H,3,13-15H2,1-2H3,(H,21,22). The number of aliphatic hydroxyl groups is 1. The SMILES string of the molecule is CCOCc1ccc(CNC(=O)CC(C)(O)c2ccccc2)cc1. The molecule has 0 spiro atoms. The third kappa shape index (κ3) is 5.48. The highest BCUT2D eigenvalue weighted by Gasteiger charge is 2.26. The molecule has 0 aromatic heterocycles. The molecule has 0 heterocycles. The Labute approximate surface area is 143 Å². The van der Waals surface area contributed by atoms with Crippen LogP contribution in [0.4, 0.5) is 0 Å². The van der Waals surface area contributed by atoms with Crippen molar-refractivity contribution in [1.29, 1.82) is 0 Å². The van der Waals surface area contributed by atoms with Crippen molar-refractivity contribution in [2.75, 3.05) is 6.61 Å². The lowest BCUT2D eigenvalue weighted by Gasteiger charge is -2.23. The van der Waals surface area contributed by atoms with Crippen LogP contribution in [0.5, 0.6) is 0 Å². The monoisotopic (exact) mass is 327 g/mol. The van der Waals surface area contributed by atoms with E-state index in [4.69, 9.17) is 4.74 Å². The van der Waals surface area contributed by atoms with E-state index in [0.29, 0.717) is 19.8 Å². The summed E-state index contributed by atoms with van der Waals surface area (Å²) in [6.45, 7) is 5.36. The Morgan fingerprint density at radius 2 is 1.71 bits per heavy atom. The number of carbonyl (C=O) groups is 1. The summed E-state index contributed by atoms with van der Waals surface area (Å²) in [6.07, 6.45) is 0.0272. The van der Waals surface area contributed by atoms with E-state index in [2.05, 4.69) is 5.32 Å². The molecule has 0 radical (unpaired) electrons. The van der Waals surface area contributed by atoms with Gasteiger partial charge in [0, 0.05) is 13.2 Å². The van der Waals surface area contributed by atoms with E-state index in [1.807, 2.05) is 61.5 Å². The Morgan fingerprint density at radius 3 is 2.33 bits per heavy atom. The minimum absolute atomic E-state index is 0.0272. The Kier molecular flexibility index (Phi) is 6.53. The summed E-state index contributed by atoms with van der Waals surface area (Å²) in [4.78, 5) is 12.1. The number of amides is 1. The molecule has 2 N–H and O–H groups in total. The van der Waals surface area contributed by atoms with E-state index in [9.17, 15) is 9.90 Å². The minimum atomic E-state index is -1.17. The van der Waals surface area contributed by atoms with Gasteiger partial charge in [0.1, 0.15) is 0 Å². The molecule has 0 bridgehead atoms. The highest BCUT2D eigenvalue weighted by atomic mass is 16.5. The van der Waals surface area contributed by atoms with Crippen molar-refractivity contribution in [3.05, 3.63) is 71.3 Å². The van der Waals surface area contributed by atoms with Gasteiger partial charge in [0.05, 0.1) is 18.6 Å². The summed E-state index contributed by atoms with van der Waals surface area (Å²) in [5.41, 5.74) is 1.69. The Balaban J connectivity index is 1.84. The predicted octanol–water partition coefficient (Wildman–Crippen LogP) is 3.14. The largest absolute Gasteiger partial charge is 0.385 e. The van der Waals surface area contributed by atoms with Crippen LogP contribution in [0.25, 0.3) is 0 Å². The fourth-order valence-electron chi connectivity index (χ4n) is 2.45. The van der Waals surface area contributed by atoms with Crippen LogP contribution < -0.4 is 5.32 Å². The summed E-state index contributed by atoms with van der Waals surface area (Å²) >= 11 is 0. The topological polar surface area (TPSA) is 58.6 Å². The average molecular weight is 327 g/mol. The first-order chi connectivity index (χ1) is 11.5. The molecular weight excluding hydrogens is 302 g/mol. The summed E-state index contributed by atoms with van der Waals surface area (Å²) < 4.78 is 5.36. The average Bonchev–Trinajstić information content (AvgIpc) is 2.59. The molecule has 0 saturated carbocycles. The van der Waals surface area contributed by atoms with Crippen molar-refractivity contribution in [2.45, 2.75) is 39.0 Å². The van der Waals surface area contributed by atoms with Gasteiger partial charge in [-0.1, -0.05) is 54.6 Å². The van der Waals surface area contributed by atoms with Gasteiger partial charge < -0.3 is 15.2 Å². The molecule has 2 rings (SSSR count). The van der Waals surface area contributed by atoms with Crippen LogP contribution in [0.15, 0.2) is 54.6 Å². The Bertz CT molecular complexity index is 636. The number of rotatable bonds is 8. The molecule has 1 atom stereocenters. The summed E-state index contributed by atoms with van der Waals surface area (Å²) in [6, 6.07) is 17.2. The zero-order valence-corrected chi connectivity index (χ0v) is 14.3. The molecule has 2 aromatic carbocycles. The van der Waals surface area contributed by atoms with Gasteiger partial charge in [0.2, 0.25) is 5.91 Å². The minimum Gasteiger partial charge on any atom is -0.385 e. The lowest BCUT2D eigenvalue weighted by atomic mass is 9.92. The van der Waals surface area contributed by atoms with Crippen LogP contribution >= 0.6 is 0 Å². The highest BCUT2D eigenvalue weighted by Crippen LogP contribution is 2.23. The molecule has 0 aliphatic rings. The molecular formula is C20H25NO3. The molecule has 128 valence electrons. The van der Waals surface area contributed by atoms with Gasteiger partial charge in [-0.05, 0) is 30.5 Å².